The molecule has 3 atom stereocenters. The van der Waals surface area contributed by atoms with Gasteiger partial charge in [-0.3, -0.25) is 4.79 Å². The molecule has 1 saturated carbocycles. The highest BCUT2D eigenvalue weighted by molar-refractivity contribution is 6.30. The van der Waals surface area contributed by atoms with Gasteiger partial charge in [0.15, 0.2) is 17.7 Å². The predicted octanol–water partition coefficient (Wildman–Crippen LogP) is 6.82. The molecule has 1 fully saturated rings. The van der Waals surface area contributed by atoms with Crippen molar-refractivity contribution in [3.8, 4) is 11.5 Å². The number of esters is 2. The summed E-state index contributed by atoms with van der Waals surface area (Å²) in [4.78, 5) is 25.2. The molecule has 0 N–H and O–H groups in total. The maximum absolute atomic E-state index is 17.3. The maximum atomic E-state index is 17.3. The molecule has 0 saturated heterocycles. The molecule has 1 aliphatic carbocycles. The molecule has 1 aliphatic rings. The van der Waals surface area contributed by atoms with Gasteiger partial charge in [0.25, 0.3) is 5.67 Å². The summed E-state index contributed by atoms with van der Waals surface area (Å²) < 4.78 is 47.9. The highest BCUT2D eigenvalue weighted by Crippen LogP contribution is 2.52. The highest BCUT2D eigenvalue weighted by Gasteiger charge is 2.60. The summed E-state index contributed by atoms with van der Waals surface area (Å²) in [6.45, 7) is 1.15. The summed E-state index contributed by atoms with van der Waals surface area (Å²) in [6.07, 6.45) is -0.357. The van der Waals surface area contributed by atoms with Crippen LogP contribution in [0.25, 0.3) is 0 Å². The van der Waals surface area contributed by atoms with E-state index in [1.54, 1.807) is 54.6 Å². The first-order valence-corrected chi connectivity index (χ1v) is 12.3. The van der Waals surface area contributed by atoms with Crippen LogP contribution in [0.15, 0.2) is 72.8 Å². The monoisotopic (exact) mass is 528 g/mol. The third kappa shape index (κ3) is 6.10. The van der Waals surface area contributed by atoms with E-state index >= 15 is 4.39 Å². The average molecular weight is 529 g/mol. The number of methoxy groups -OCH3 is 1. The molecular formula is C29H27ClF2O5. The van der Waals surface area contributed by atoms with Crippen LogP contribution in [0.1, 0.15) is 36.8 Å². The Kier molecular flexibility index (Phi) is 8.13. The van der Waals surface area contributed by atoms with Gasteiger partial charge < -0.3 is 14.2 Å². The van der Waals surface area contributed by atoms with Gasteiger partial charge >= 0.3 is 11.9 Å². The van der Waals surface area contributed by atoms with E-state index in [9.17, 15) is 14.0 Å². The molecule has 37 heavy (non-hydrogen) atoms. The van der Waals surface area contributed by atoms with E-state index < -0.39 is 35.4 Å². The number of carbonyl (C=O) groups excluding carboxylic acids is 2. The number of hydrogen-bond acceptors (Lipinski definition) is 5. The second kappa shape index (κ2) is 11.3. The summed E-state index contributed by atoms with van der Waals surface area (Å²) in [5, 5.41) is 0.467. The second-order valence-corrected chi connectivity index (χ2v) is 9.54. The van der Waals surface area contributed by atoms with Crippen molar-refractivity contribution in [2.45, 2.75) is 43.9 Å². The van der Waals surface area contributed by atoms with Crippen LogP contribution in [0.4, 0.5) is 8.78 Å². The second-order valence-electron chi connectivity index (χ2n) is 9.11. The van der Waals surface area contributed by atoms with E-state index in [4.69, 9.17) is 25.8 Å². The fraction of sp³-hybridized carbons (Fsp3) is 0.310. The molecule has 4 rings (SSSR count). The van der Waals surface area contributed by atoms with Crippen molar-refractivity contribution in [1.29, 1.82) is 0 Å². The number of rotatable bonds is 10. The largest absolute Gasteiger partial charge is 0.467 e. The predicted molar refractivity (Wildman–Crippen MR) is 135 cm³/mol. The molecule has 0 heterocycles. The number of alkyl halides is 1. The summed E-state index contributed by atoms with van der Waals surface area (Å²) in [5.74, 6) is -3.29. The van der Waals surface area contributed by atoms with Crippen LogP contribution in [0.2, 0.25) is 5.02 Å². The molecule has 0 amide bonds. The Labute approximate surface area is 219 Å². The molecule has 3 aromatic carbocycles. The third-order valence-electron chi connectivity index (χ3n) is 6.44. The molecule has 0 aromatic heterocycles. The first-order chi connectivity index (χ1) is 17.7. The van der Waals surface area contributed by atoms with E-state index in [1.807, 2.05) is 0 Å². The molecule has 3 aromatic rings. The van der Waals surface area contributed by atoms with E-state index in [2.05, 4.69) is 0 Å². The van der Waals surface area contributed by atoms with Gasteiger partial charge in [0.2, 0.25) is 0 Å². The van der Waals surface area contributed by atoms with Crippen LogP contribution < -0.4 is 4.74 Å². The van der Waals surface area contributed by atoms with Gasteiger partial charge in [-0.25, -0.2) is 13.6 Å². The van der Waals surface area contributed by atoms with Crippen LogP contribution >= 0.6 is 11.6 Å². The fourth-order valence-corrected chi connectivity index (χ4v) is 4.76. The Morgan fingerprint density at radius 2 is 1.73 bits per heavy atom. The Hall–Kier alpha value is -3.45. The number of hydrogen-bond donors (Lipinski definition) is 0. The number of para-hydroxylation sites is 1. The highest BCUT2D eigenvalue weighted by atomic mass is 35.5. The average Bonchev–Trinajstić information content (AvgIpc) is 3.71. The normalized spacial score (nSPS) is 16.2. The van der Waals surface area contributed by atoms with Gasteiger partial charge in [0.1, 0.15) is 5.75 Å². The molecule has 194 valence electrons. The zero-order valence-corrected chi connectivity index (χ0v) is 21.2. The molecule has 0 unspecified atom stereocenters. The standard InChI is InChI=1S/C29H27ClF2O5/c1-18(33)36-26(17-19-8-15-24(31)25(16-19)37-23-6-4-3-5-7-23)29(32,28(34)35-2)27(20-9-10-20)21-11-13-22(30)14-12-21/h3-8,11-16,20,26-27H,9-10,17H2,1-2H3/t26-,27+,29+/m1/s1. The Morgan fingerprint density at radius 3 is 2.32 bits per heavy atom. The zero-order chi connectivity index (χ0) is 26.6. The number of halogens is 3. The summed E-state index contributed by atoms with van der Waals surface area (Å²) in [6, 6.07) is 19.2. The Bertz CT molecular complexity index is 1250. The quantitative estimate of drug-likeness (QED) is 0.270. The van der Waals surface area contributed by atoms with Crippen LogP contribution in [0.5, 0.6) is 11.5 Å². The van der Waals surface area contributed by atoms with Crippen LogP contribution in [0, 0.1) is 11.7 Å². The van der Waals surface area contributed by atoms with Gasteiger partial charge in [0, 0.05) is 24.3 Å². The zero-order valence-electron chi connectivity index (χ0n) is 20.5. The lowest BCUT2D eigenvalue weighted by atomic mass is 9.75. The molecular weight excluding hydrogens is 502 g/mol. The summed E-state index contributed by atoms with van der Waals surface area (Å²) in [7, 11) is 1.09. The van der Waals surface area contributed by atoms with E-state index in [0.29, 0.717) is 34.7 Å². The number of benzene rings is 3. The van der Waals surface area contributed by atoms with Gasteiger partial charge in [-0.05, 0) is 66.3 Å². The molecule has 0 bridgehead atoms. The fourth-order valence-electron chi connectivity index (χ4n) is 4.63. The van der Waals surface area contributed by atoms with Crippen molar-refractivity contribution in [3.63, 3.8) is 0 Å². The van der Waals surface area contributed by atoms with Crippen molar-refractivity contribution in [1.82, 2.24) is 0 Å². The van der Waals surface area contributed by atoms with Gasteiger partial charge in [0.05, 0.1) is 7.11 Å². The lowest BCUT2D eigenvalue weighted by molar-refractivity contribution is -0.177. The molecule has 0 radical (unpaired) electrons. The van der Waals surface area contributed by atoms with Crippen molar-refractivity contribution < 1.29 is 32.6 Å². The summed E-state index contributed by atoms with van der Waals surface area (Å²) in [5.41, 5.74) is -1.76. The van der Waals surface area contributed by atoms with Crippen LogP contribution in [-0.2, 0) is 25.5 Å². The number of carbonyl (C=O) groups is 2. The lowest BCUT2D eigenvalue weighted by Crippen LogP contribution is -2.54. The lowest BCUT2D eigenvalue weighted by Gasteiger charge is -2.37. The van der Waals surface area contributed by atoms with Gasteiger partial charge in [-0.15, -0.1) is 0 Å². The van der Waals surface area contributed by atoms with Crippen LogP contribution in [-0.4, -0.2) is 30.8 Å². The maximum Gasteiger partial charge on any atom is 0.348 e. The van der Waals surface area contributed by atoms with Crippen molar-refractivity contribution in [2.24, 2.45) is 5.92 Å². The van der Waals surface area contributed by atoms with Gasteiger partial charge in [-0.2, -0.15) is 0 Å². The van der Waals surface area contributed by atoms with Crippen molar-refractivity contribution >= 4 is 23.5 Å². The van der Waals surface area contributed by atoms with Gasteiger partial charge in [-0.1, -0.05) is 48.0 Å². The molecule has 0 spiro atoms. The van der Waals surface area contributed by atoms with E-state index in [1.165, 1.54) is 18.2 Å². The molecule has 0 aliphatic heterocycles. The first kappa shape index (κ1) is 26.6. The minimum Gasteiger partial charge on any atom is -0.467 e. The van der Waals surface area contributed by atoms with Crippen molar-refractivity contribution in [3.05, 3.63) is 94.8 Å². The first-order valence-electron chi connectivity index (χ1n) is 11.9. The smallest absolute Gasteiger partial charge is 0.348 e. The topological polar surface area (TPSA) is 61.8 Å². The third-order valence-corrected chi connectivity index (χ3v) is 6.69. The van der Waals surface area contributed by atoms with E-state index in [-0.39, 0.29) is 18.1 Å². The molecule has 5 nitrogen and oxygen atoms in total. The number of ether oxygens (including phenoxy) is 3. The summed E-state index contributed by atoms with van der Waals surface area (Å²) >= 11 is 6.04. The SMILES string of the molecule is COC(=O)[C@@](F)([C@H](c1ccc(Cl)cc1)C1CC1)[C@@H](Cc1ccc(F)c(Oc2ccccc2)c1)OC(C)=O. The van der Waals surface area contributed by atoms with E-state index in [0.717, 1.165) is 14.0 Å². The Balaban J connectivity index is 1.74. The van der Waals surface area contributed by atoms with Crippen LogP contribution in [0.3, 0.4) is 0 Å². The molecule has 8 heteroatoms. The van der Waals surface area contributed by atoms with Crippen molar-refractivity contribution in [2.75, 3.05) is 7.11 Å². The Morgan fingerprint density at radius 1 is 1.05 bits per heavy atom. The minimum absolute atomic E-state index is 0.0794. The minimum atomic E-state index is -2.72.